The second-order valence-electron chi connectivity index (χ2n) is 4.83. The minimum atomic E-state index is -0.273. The van der Waals surface area contributed by atoms with Gasteiger partial charge < -0.3 is 9.42 Å². The van der Waals surface area contributed by atoms with E-state index in [1.54, 1.807) is 24.1 Å². The van der Waals surface area contributed by atoms with Crippen molar-refractivity contribution < 1.29 is 13.7 Å². The average Bonchev–Trinajstić information content (AvgIpc) is 2.94. The van der Waals surface area contributed by atoms with Crippen LogP contribution in [0.1, 0.15) is 30.6 Å². The lowest BCUT2D eigenvalue weighted by Gasteiger charge is -2.14. The molecule has 0 aliphatic rings. The maximum atomic E-state index is 12.8. The third-order valence-electron chi connectivity index (χ3n) is 3.17. The van der Waals surface area contributed by atoms with Crippen molar-refractivity contribution in [1.82, 2.24) is 15.0 Å². The number of hydrogen-bond acceptors (Lipinski definition) is 4. The largest absolute Gasteiger partial charge is 0.337 e. The zero-order valence-corrected chi connectivity index (χ0v) is 12.2. The molecule has 0 radical (unpaired) electrons. The molecule has 0 atom stereocenters. The predicted octanol–water partition coefficient (Wildman–Crippen LogP) is 2.36. The van der Waals surface area contributed by atoms with Crippen LogP contribution in [0.4, 0.5) is 4.39 Å². The van der Waals surface area contributed by atoms with Gasteiger partial charge >= 0.3 is 0 Å². The summed E-state index contributed by atoms with van der Waals surface area (Å²) in [5.74, 6) is 0.780. The maximum Gasteiger partial charge on any atom is 0.246 e. The molecule has 0 unspecified atom stereocenters. The molecule has 0 bridgehead atoms. The van der Waals surface area contributed by atoms with E-state index < -0.39 is 0 Å². The summed E-state index contributed by atoms with van der Waals surface area (Å²) in [6.45, 7) is 2.24. The number of hydrogen-bond donors (Lipinski definition) is 0. The fraction of sp³-hybridized carbons (Fsp3) is 0.400. The zero-order chi connectivity index (χ0) is 15.2. The van der Waals surface area contributed by atoms with Crippen LogP contribution in [-0.4, -0.2) is 28.0 Å². The Balaban J connectivity index is 1.83. The van der Waals surface area contributed by atoms with E-state index in [9.17, 15) is 9.18 Å². The minimum absolute atomic E-state index is 0.0180. The predicted molar refractivity (Wildman–Crippen MR) is 74.9 cm³/mol. The quantitative estimate of drug-likeness (QED) is 0.819. The highest BCUT2D eigenvalue weighted by molar-refractivity contribution is 5.76. The van der Waals surface area contributed by atoms with Gasteiger partial charge in [0.15, 0.2) is 5.82 Å². The molecule has 1 aromatic heterocycles. The molecule has 1 heterocycles. The first-order valence-electron chi connectivity index (χ1n) is 6.88. The lowest BCUT2D eigenvalue weighted by Crippen LogP contribution is -2.26. The first-order chi connectivity index (χ1) is 10.1. The van der Waals surface area contributed by atoms with Crippen molar-refractivity contribution in [2.24, 2.45) is 0 Å². The van der Waals surface area contributed by atoms with Crippen LogP contribution in [0.15, 0.2) is 28.8 Å². The minimum Gasteiger partial charge on any atom is -0.337 e. The van der Waals surface area contributed by atoms with Gasteiger partial charge in [-0.15, -0.1) is 0 Å². The van der Waals surface area contributed by atoms with Crippen LogP contribution >= 0.6 is 0 Å². The van der Waals surface area contributed by atoms with Gasteiger partial charge in [0.1, 0.15) is 5.82 Å². The summed E-state index contributed by atoms with van der Waals surface area (Å²) in [5.41, 5.74) is 0.934. The molecule has 2 rings (SSSR count). The number of nitrogens with zero attached hydrogens (tertiary/aromatic N) is 3. The summed E-state index contributed by atoms with van der Waals surface area (Å²) in [5, 5.41) is 3.79. The second kappa shape index (κ2) is 6.97. The highest BCUT2D eigenvalue weighted by atomic mass is 19.1. The van der Waals surface area contributed by atoms with Crippen LogP contribution in [0.2, 0.25) is 0 Å². The lowest BCUT2D eigenvalue weighted by atomic mass is 10.1. The van der Waals surface area contributed by atoms with Gasteiger partial charge in [-0.25, -0.2) is 4.39 Å². The molecule has 1 aromatic carbocycles. The molecule has 0 spiro atoms. The Labute approximate surface area is 122 Å². The molecule has 1 amide bonds. The van der Waals surface area contributed by atoms with E-state index in [4.69, 9.17) is 4.52 Å². The number of amides is 1. The molecule has 0 aliphatic carbocycles. The van der Waals surface area contributed by atoms with Crippen molar-refractivity contribution in [3.05, 3.63) is 47.4 Å². The highest BCUT2D eigenvalue weighted by Gasteiger charge is 2.13. The molecule has 0 fully saturated rings. The number of aryl methyl sites for hydroxylation is 2. The average molecular weight is 291 g/mol. The number of rotatable bonds is 6. The third-order valence-corrected chi connectivity index (χ3v) is 3.17. The van der Waals surface area contributed by atoms with Gasteiger partial charge in [-0.3, -0.25) is 4.79 Å². The van der Waals surface area contributed by atoms with E-state index in [0.717, 1.165) is 5.56 Å². The maximum absolute atomic E-state index is 12.8. The van der Waals surface area contributed by atoms with E-state index in [2.05, 4.69) is 10.1 Å². The third kappa shape index (κ3) is 4.37. The van der Waals surface area contributed by atoms with Gasteiger partial charge in [0.2, 0.25) is 11.8 Å². The van der Waals surface area contributed by atoms with Gasteiger partial charge in [-0.2, -0.15) is 4.98 Å². The molecule has 0 saturated heterocycles. The van der Waals surface area contributed by atoms with Gasteiger partial charge in [0.05, 0.1) is 6.54 Å². The fourth-order valence-corrected chi connectivity index (χ4v) is 1.88. The number of halogens is 1. The Hall–Kier alpha value is -2.24. The van der Waals surface area contributed by atoms with Crippen LogP contribution in [0, 0.1) is 5.82 Å². The Morgan fingerprint density at radius 3 is 2.67 bits per heavy atom. The van der Waals surface area contributed by atoms with Crippen LogP contribution in [0.25, 0.3) is 0 Å². The SMILES string of the molecule is CCc1noc(CN(C)C(=O)CCc2ccc(F)cc2)n1. The van der Waals surface area contributed by atoms with E-state index in [-0.39, 0.29) is 11.7 Å². The van der Waals surface area contributed by atoms with E-state index in [0.29, 0.717) is 37.5 Å². The molecule has 21 heavy (non-hydrogen) atoms. The molecule has 0 N–H and O–H groups in total. The highest BCUT2D eigenvalue weighted by Crippen LogP contribution is 2.08. The summed E-state index contributed by atoms with van der Waals surface area (Å²) < 4.78 is 17.8. The zero-order valence-electron chi connectivity index (χ0n) is 12.2. The summed E-state index contributed by atoms with van der Waals surface area (Å²) in [4.78, 5) is 17.7. The molecular formula is C15H18FN3O2. The molecule has 0 aliphatic heterocycles. The van der Waals surface area contributed by atoms with Crippen molar-refractivity contribution in [2.45, 2.75) is 32.7 Å². The first kappa shape index (κ1) is 15.2. The Morgan fingerprint density at radius 2 is 2.05 bits per heavy atom. The molecule has 6 heteroatoms. The Bertz CT molecular complexity index is 595. The Morgan fingerprint density at radius 1 is 1.33 bits per heavy atom. The number of carbonyl (C=O) groups is 1. The fourth-order valence-electron chi connectivity index (χ4n) is 1.88. The van der Waals surface area contributed by atoms with Crippen LogP contribution < -0.4 is 0 Å². The van der Waals surface area contributed by atoms with E-state index >= 15 is 0 Å². The second-order valence-corrected chi connectivity index (χ2v) is 4.83. The van der Waals surface area contributed by atoms with Crippen LogP contribution in [-0.2, 0) is 24.2 Å². The van der Waals surface area contributed by atoms with Crippen LogP contribution in [0.3, 0.4) is 0 Å². The normalized spacial score (nSPS) is 10.6. The Kier molecular flexibility index (Phi) is 5.03. The number of benzene rings is 1. The molecule has 2 aromatic rings. The number of aromatic nitrogens is 2. The van der Waals surface area contributed by atoms with Crippen molar-refractivity contribution in [3.63, 3.8) is 0 Å². The summed E-state index contributed by atoms with van der Waals surface area (Å²) >= 11 is 0. The van der Waals surface area contributed by atoms with E-state index in [1.165, 1.54) is 12.1 Å². The van der Waals surface area contributed by atoms with Gasteiger partial charge in [-0.05, 0) is 24.1 Å². The van der Waals surface area contributed by atoms with Crippen molar-refractivity contribution >= 4 is 5.91 Å². The van der Waals surface area contributed by atoms with Gasteiger partial charge in [0, 0.05) is 19.9 Å². The monoisotopic (exact) mass is 291 g/mol. The number of carbonyl (C=O) groups excluding carboxylic acids is 1. The molecule has 5 nitrogen and oxygen atoms in total. The van der Waals surface area contributed by atoms with Crippen molar-refractivity contribution in [2.75, 3.05) is 7.05 Å². The molecular weight excluding hydrogens is 273 g/mol. The van der Waals surface area contributed by atoms with Gasteiger partial charge in [0.25, 0.3) is 0 Å². The summed E-state index contributed by atoms with van der Waals surface area (Å²) in [6.07, 6.45) is 1.64. The lowest BCUT2D eigenvalue weighted by molar-refractivity contribution is -0.130. The smallest absolute Gasteiger partial charge is 0.246 e. The van der Waals surface area contributed by atoms with Crippen molar-refractivity contribution in [3.8, 4) is 0 Å². The molecule has 112 valence electrons. The molecule has 0 saturated carbocycles. The summed E-state index contributed by atoms with van der Waals surface area (Å²) in [6, 6.07) is 6.17. The first-order valence-corrected chi connectivity index (χ1v) is 6.88. The van der Waals surface area contributed by atoms with E-state index in [1.807, 2.05) is 6.92 Å². The standard InChI is InChI=1S/C15H18FN3O2/c1-3-13-17-14(21-18-13)10-19(2)15(20)9-6-11-4-7-12(16)8-5-11/h4-5,7-8H,3,6,9-10H2,1-2H3. The van der Waals surface area contributed by atoms with Gasteiger partial charge in [-0.1, -0.05) is 24.2 Å². The van der Waals surface area contributed by atoms with Crippen molar-refractivity contribution in [1.29, 1.82) is 0 Å². The topological polar surface area (TPSA) is 59.2 Å². The van der Waals surface area contributed by atoms with Crippen LogP contribution in [0.5, 0.6) is 0 Å². The summed E-state index contributed by atoms with van der Waals surface area (Å²) in [7, 11) is 1.70.